The molecule has 1 aliphatic heterocycles. The predicted octanol–water partition coefficient (Wildman–Crippen LogP) is 6.97. The summed E-state index contributed by atoms with van der Waals surface area (Å²) in [7, 11) is 4.12. The molecule has 2 aromatic carbocycles. The number of aryl methyl sites for hydroxylation is 1. The van der Waals surface area contributed by atoms with Gasteiger partial charge in [0, 0.05) is 43.6 Å². The Balaban J connectivity index is 1.35. The minimum atomic E-state index is -0.271. The molecular weight excluding hydrogens is 557 g/mol. The van der Waals surface area contributed by atoms with Crippen molar-refractivity contribution in [3.05, 3.63) is 87.0 Å². The van der Waals surface area contributed by atoms with Crippen molar-refractivity contribution in [2.45, 2.75) is 39.5 Å². The zero-order chi connectivity index (χ0) is 29.7. The summed E-state index contributed by atoms with van der Waals surface area (Å²) in [5.41, 5.74) is 3.71. The summed E-state index contributed by atoms with van der Waals surface area (Å²) in [5.74, 6) is 0.746. The minimum absolute atomic E-state index is 0.0395. The van der Waals surface area contributed by atoms with Crippen molar-refractivity contribution >= 4 is 46.5 Å². The number of likely N-dealkylation sites (tertiary alicyclic amines) is 1. The number of halogens is 2. The first-order chi connectivity index (χ1) is 19.4. The maximum absolute atomic E-state index is 13.3. The van der Waals surface area contributed by atoms with Crippen LogP contribution in [0.3, 0.4) is 0 Å². The molecule has 9 heteroatoms. The van der Waals surface area contributed by atoms with Crippen LogP contribution in [0.5, 0.6) is 0 Å². The number of hydrogen-bond donors (Lipinski definition) is 2. The first-order valence-corrected chi connectivity index (χ1v) is 14.7. The number of nitrogens with one attached hydrogen (secondary N) is 2. The van der Waals surface area contributed by atoms with Crippen molar-refractivity contribution in [3.63, 3.8) is 0 Å². The van der Waals surface area contributed by atoms with Gasteiger partial charge in [-0.1, -0.05) is 49.2 Å². The molecule has 218 valence electrons. The topological polar surface area (TPSA) is 77.6 Å². The Labute approximate surface area is 253 Å². The van der Waals surface area contributed by atoms with Gasteiger partial charge in [0.15, 0.2) is 0 Å². The van der Waals surface area contributed by atoms with Crippen molar-refractivity contribution in [1.82, 2.24) is 14.8 Å². The molecule has 2 amide bonds. The number of carbonyl (C=O) groups is 2. The van der Waals surface area contributed by atoms with Gasteiger partial charge in [-0.25, -0.2) is 4.98 Å². The molecule has 0 aliphatic carbocycles. The Bertz CT molecular complexity index is 1380. The van der Waals surface area contributed by atoms with E-state index in [9.17, 15) is 9.59 Å². The third-order valence-corrected chi connectivity index (χ3v) is 8.19. The van der Waals surface area contributed by atoms with Crippen LogP contribution in [0.15, 0.2) is 54.7 Å². The molecule has 0 spiro atoms. The van der Waals surface area contributed by atoms with Crippen LogP contribution in [0, 0.1) is 12.3 Å². The summed E-state index contributed by atoms with van der Waals surface area (Å²) in [6.45, 7) is 9.31. The average molecular weight is 597 g/mol. The molecule has 41 heavy (non-hydrogen) atoms. The first-order valence-electron chi connectivity index (χ1n) is 13.9. The number of piperidine rings is 1. The Morgan fingerprint density at radius 3 is 2.34 bits per heavy atom. The highest BCUT2D eigenvalue weighted by molar-refractivity contribution is 6.42. The summed E-state index contributed by atoms with van der Waals surface area (Å²) in [5, 5.41) is 7.42. The van der Waals surface area contributed by atoms with Crippen LogP contribution in [0.2, 0.25) is 10.0 Å². The maximum atomic E-state index is 13.3. The van der Waals surface area contributed by atoms with E-state index in [-0.39, 0.29) is 17.2 Å². The predicted molar refractivity (Wildman–Crippen MR) is 169 cm³/mol. The van der Waals surface area contributed by atoms with Gasteiger partial charge in [0.25, 0.3) is 11.8 Å². The molecule has 7 nitrogen and oxygen atoms in total. The highest BCUT2D eigenvalue weighted by atomic mass is 35.5. The molecule has 0 unspecified atom stereocenters. The largest absolute Gasteiger partial charge is 0.369 e. The van der Waals surface area contributed by atoms with Crippen LogP contribution in [-0.4, -0.2) is 66.9 Å². The van der Waals surface area contributed by atoms with Gasteiger partial charge in [0.2, 0.25) is 0 Å². The smallest absolute Gasteiger partial charge is 0.257 e. The van der Waals surface area contributed by atoms with Crippen molar-refractivity contribution in [2.24, 2.45) is 5.41 Å². The monoisotopic (exact) mass is 595 g/mol. The second-order valence-corrected chi connectivity index (χ2v) is 12.7. The molecule has 0 bridgehead atoms. The third-order valence-electron chi connectivity index (χ3n) is 7.45. The second-order valence-electron chi connectivity index (χ2n) is 11.9. The van der Waals surface area contributed by atoms with Gasteiger partial charge in [-0.2, -0.15) is 0 Å². The van der Waals surface area contributed by atoms with Crippen LogP contribution in [0.25, 0.3) is 0 Å². The van der Waals surface area contributed by atoms with E-state index in [2.05, 4.69) is 48.5 Å². The van der Waals surface area contributed by atoms with Crippen molar-refractivity contribution in [1.29, 1.82) is 0 Å². The lowest BCUT2D eigenvalue weighted by molar-refractivity contribution is 0.0712. The summed E-state index contributed by atoms with van der Waals surface area (Å²) < 4.78 is 0. The number of benzene rings is 2. The van der Waals surface area contributed by atoms with E-state index in [1.54, 1.807) is 18.3 Å². The van der Waals surface area contributed by atoms with Crippen LogP contribution in [-0.2, 0) is 0 Å². The summed E-state index contributed by atoms with van der Waals surface area (Å²) in [4.78, 5) is 34.8. The molecule has 4 rings (SSSR count). The summed E-state index contributed by atoms with van der Waals surface area (Å²) in [6, 6.07) is 14.8. The molecular formula is C32H39Cl2N5O2. The summed E-state index contributed by atoms with van der Waals surface area (Å²) in [6.07, 6.45) is 3.27. The highest BCUT2D eigenvalue weighted by Gasteiger charge is 2.25. The third kappa shape index (κ3) is 8.22. The standard InChI is InChI=1S/C32H39Cl2N5O2/c1-21-6-7-24(31(41)39-14-12-22(13-15-39)23-8-10-26(33)27(34)16-23)17-28(21)37-30(40)25-9-11-29(35-18-25)36-19-32(2,3)20-38(4)5/h6-11,16-18,22H,12-15,19-20H2,1-5H3,(H,35,36)(H,37,40). The van der Waals surface area contributed by atoms with E-state index in [0.717, 1.165) is 42.9 Å². The van der Waals surface area contributed by atoms with Crippen molar-refractivity contribution in [3.8, 4) is 0 Å². The minimum Gasteiger partial charge on any atom is -0.369 e. The van der Waals surface area contributed by atoms with E-state index in [1.165, 1.54) is 0 Å². The van der Waals surface area contributed by atoms with Gasteiger partial charge in [0.1, 0.15) is 5.82 Å². The molecule has 1 fully saturated rings. The molecule has 1 aromatic heterocycles. The molecule has 2 N–H and O–H groups in total. The number of pyridine rings is 1. The zero-order valence-corrected chi connectivity index (χ0v) is 25.9. The fraction of sp³-hybridized carbons (Fsp3) is 0.406. The lowest BCUT2D eigenvalue weighted by atomic mass is 9.89. The number of hydrogen-bond acceptors (Lipinski definition) is 5. The van der Waals surface area contributed by atoms with E-state index >= 15 is 0 Å². The average Bonchev–Trinajstić information content (AvgIpc) is 2.94. The van der Waals surface area contributed by atoms with E-state index in [4.69, 9.17) is 23.2 Å². The number of aromatic nitrogens is 1. The number of rotatable bonds is 9. The van der Waals surface area contributed by atoms with Crippen molar-refractivity contribution < 1.29 is 9.59 Å². The van der Waals surface area contributed by atoms with Crippen LogP contribution in [0.4, 0.5) is 11.5 Å². The molecule has 2 heterocycles. The van der Waals surface area contributed by atoms with Gasteiger partial charge in [-0.05, 0) is 92.7 Å². The van der Waals surface area contributed by atoms with Crippen LogP contribution < -0.4 is 10.6 Å². The fourth-order valence-corrected chi connectivity index (χ4v) is 5.63. The highest BCUT2D eigenvalue weighted by Crippen LogP contribution is 2.33. The van der Waals surface area contributed by atoms with Crippen LogP contribution >= 0.6 is 23.2 Å². The lowest BCUT2D eigenvalue weighted by Gasteiger charge is -2.32. The van der Waals surface area contributed by atoms with Gasteiger partial charge < -0.3 is 20.4 Å². The van der Waals surface area contributed by atoms with Crippen LogP contribution in [0.1, 0.15) is 64.4 Å². The number of nitrogens with zero attached hydrogens (tertiary/aromatic N) is 3. The van der Waals surface area contributed by atoms with Gasteiger partial charge in [-0.15, -0.1) is 0 Å². The second kappa shape index (κ2) is 13.2. The molecule has 0 radical (unpaired) electrons. The molecule has 1 aliphatic rings. The Morgan fingerprint density at radius 1 is 1.00 bits per heavy atom. The summed E-state index contributed by atoms with van der Waals surface area (Å²) >= 11 is 12.3. The van der Waals surface area contributed by atoms with Gasteiger partial charge >= 0.3 is 0 Å². The number of amides is 2. The Morgan fingerprint density at radius 2 is 1.71 bits per heavy atom. The van der Waals surface area contributed by atoms with E-state index in [0.29, 0.717) is 45.9 Å². The SMILES string of the molecule is Cc1ccc(C(=O)N2CCC(c3ccc(Cl)c(Cl)c3)CC2)cc1NC(=O)c1ccc(NCC(C)(C)CN(C)C)nc1. The lowest BCUT2D eigenvalue weighted by Crippen LogP contribution is -2.38. The molecule has 3 aromatic rings. The zero-order valence-electron chi connectivity index (χ0n) is 24.4. The van der Waals surface area contributed by atoms with Gasteiger partial charge in [0.05, 0.1) is 15.6 Å². The maximum Gasteiger partial charge on any atom is 0.257 e. The van der Waals surface area contributed by atoms with E-state index < -0.39 is 0 Å². The number of carbonyl (C=O) groups excluding carboxylic acids is 2. The first kappa shape index (κ1) is 30.8. The Kier molecular flexibility index (Phi) is 9.95. The van der Waals surface area contributed by atoms with Gasteiger partial charge in [-0.3, -0.25) is 9.59 Å². The van der Waals surface area contributed by atoms with Crippen molar-refractivity contribution in [2.75, 3.05) is 50.9 Å². The molecule has 0 atom stereocenters. The normalized spacial score (nSPS) is 14.3. The Hall–Kier alpha value is -3.13. The number of anilines is 2. The quantitative estimate of drug-likeness (QED) is 0.279. The molecule has 0 saturated carbocycles. The van der Waals surface area contributed by atoms with E-state index in [1.807, 2.05) is 48.2 Å². The fourth-order valence-electron chi connectivity index (χ4n) is 5.32. The molecule has 1 saturated heterocycles.